The molecule has 2 heterocycles. The van der Waals surface area contributed by atoms with Gasteiger partial charge in [0, 0.05) is 46.6 Å². The summed E-state index contributed by atoms with van der Waals surface area (Å²) in [6, 6.07) is 17.1. The molecule has 1 unspecified atom stereocenters. The van der Waals surface area contributed by atoms with E-state index >= 15 is 0 Å². The second kappa shape index (κ2) is 11.5. The lowest BCUT2D eigenvalue weighted by Gasteiger charge is -2.34. The number of pyridine rings is 1. The number of anilines is 1. The minimum absolute atomic E-state index is 0.0573. The number of benzene rings is 2. The molecule has 1 aliphatic heterocycles. The van der Waals surface area contributed by atoms with Gasteiger partial charge in [-0.1, -0.05) is 24.3 Å². The number of rotatable bonds is 7. The zero-order chi connectivity index (χ0) is 27.5. The number of Topliss-reactive ketones (excluding diaryl/α,β-unsaturated/α-hetero) is 1. The van der Waals surface area contributed by atoms with Crippen LogP contribution in [0.2, 0.25) is 0 Å². The van der Waals surface area contributed by atoms with E-state index < -0.39 is 5.92 Å². The fraction of sp³-hybridized carbons (Fsp3) is 0.258. The molecule has 1 amide bonds. The zero-order valence-electron chi connectivity index (χ0n) is 22.1. The van der Waals surface area contributed by atoms with Crippen molar-refractivity contribution in [2.75, 3.05) is 12.4 Å². The Balaban J connectivity index is 1.55. The smallest absolute Gasteiger partial charge is 0.255 e. The molecular formula is C31H30BrN3O4. The lowest BCUT2D eigenvalue weighted by molar-refractivity contribution is -0.116. The van der Waals surface area contributed by atoms with E-state index in [1.54, 1.807) is 19.4 Å². The van der Waals surface area contributed by atoms with Crippen molar-refractivity contribution >= 4 is 33.4 Å². The summed E-state index contributed by atoms with van der Waals surface area (Å²) >= 11 is 3.53. The molecule has 0 fully saturated rings. The molecule has 0 radical (unpaired) electrons. The lowest BCUT2D eigenvalue weighted by Crippen LogP contribution is -2.35. The maximum atomic E-state index is 13.7. The maximum Gasteiger partial charge on any atom is 0.255 e. The van der Waals surface area contributed by atoms with Crippen LogP contribution >= 0.6 is 15.9 Å². The van der Waals surface area contributed by atoms with Crippen LogP contribution in [-0.2, 0) is 16.2 Å². The molecule has 39 heavy (non-hydrogen) atoms. The average molecular weight is 589 g/mol. The normalized spacial score (nSPS) is 16.9. The number of amides is 1. The number of ketones is 1. The van der Waals surface area contributed by atoms with Crippen molar-refractivity contribution in [3.05, 3.63) is 104 Å². The van der Waals surface area contributed by atoms with Gasteiger partial charge in [-0.05, 0) is 84.1 Å². The average Bonchev–Trinajstić information content (AvgIpc) is 2.93. The van der Waals surface area contributed by atoms with Crippen molar-refractivity contribution in [3.8, 4) is 11.5 Å². The number of hydrogen-bond acceptors (Lipinski definition) is 6. The van der Waals surface area contributed by atoms with E-state index in [4.69, 9.17) is 9.47 Å². The van der Waals surface area contributed by atoms with Crippen molar-refractivity contribution in [1.29, 1.82) is 0 Å². The van der Waals surface area contributed by atoms with Gasteiger partial charge in [-0.3, -0.25) is 9.59 Å². The third-order valence-electron chi connectivity index (χ3n) is 7.03. The molecular weight excluding hydrogens is 558 g/mol. The molecule has 2 aromatic carbocycles. The first-order valence-electron chi connectivity index (χ1n) is 12.9. The van der Waals surface area contributed by atoms with E-state index in [1.165, 1.54) is 0 Å². The number of dihydropyridines is 1. The number of aromatic nitrogens is 1. The summed E-state index contributed by atoms with van der Waals surface area (Å²) in [7, 11) is 1.62. The number of hydrogen-bond donors (Lipinski definition) is 2. The fourth-order valence-corrected chi connectivity index (χ4v) is 5.55. The number of methoxy groups -OCH3 is 1. The molecule has 1 aromatic heterocycles. The minimum atomic E-state index is -0.535. The quantitative estimate of drug-likeness (QED) is 0.335. The molecule has 1 atom stereocenters. The fourth-order valence-electron chi connectivity index (χ4n) is 5.15. The Labute approximate surface area is 236 Å². The van der Waals surface area contributed by atoms with Crippen LogP contribution in [0.25, 0.3) is 0 Å². The zero-order valence-corrected chi connectivity index (χ0v) is 23.7. The summed E-state index contributed by atoms with van der Waals surface area (Å²) < 4.78 is 12.6. The predicted molar refractivity (Wildman–Crippen MR) is 154 cm³/mol. The molecule has 200 valence electrons. The van der Waals surface area contributed by atoms with Gasteiger partial charge in [-0.2, -0.15) is 0 Å². The van der Waals surface area contributed by atoms with E-state index in [2.05, 4.69) is 31.5 Å². The first-order chi connectivity index (χ1) is 18.9. The Kier molecular flexibility index (Phi) is 7.84. The Morgan fingerprint density at radius 1 is 1.10 bits per heavy atom. The van der Waals surface area contributed by atoms with E-state index in [0.29, 0.717) is 34.9 Å². The first-order valence-corrected chi connectivity index (χ1v) is 13.7. The summed E-state index contributed by atoms with van der Waals surface area (Å²) in [4.78, 5) is 31.4. The molecule has 2 aliphatic rings. The number of nitrogens with one attached hydrogen (secondary N) is 2. The number of carbonyl (C=O) groups excluding carboxylic acids is 2. The van der Waals surface area contributed by atoms with Gasteiger partial charge < -0.3 is 20.1 Å². The van der Waals surface area contributed by atoms with Crippen LogP contribution in [0.3, 0.4) is 0 Å². The lowest BCUT2D eigenvalue weighted by atomic mass is 9.74. The topological polar surface area (TPSA) is 89.5 Å². The molecule has 0 saturated heterocycles. The number of aryl methyl sites for hydroxylation is 1. The molecule has 8 heteroatoms. The molecule has 1 aliphatic carbocycles. The van der Waals surface area contributed by atoms with Crippen LogP contribution in [-0.4, -0.2) is 23.8 Å². The van der Waals surface area contributed by atoms with Crippen molar-refractivity contribution in [2.24, 2.45) is 0 Å². The highest BCUT2D eigenvalue weighted by Gasteiger charge is 2.38. The number of ether oxygens (including phenoxy) is 2. The van der Waals surface area contributed by atoms with Gasteiger partial charge in [0.15, 0.2) is 5.78 Å². The molecule has 0 saturated carbocycles. The molecule has 0 spiro atoms. The molecule has 5 rings (SSSR count). The van der Waals surface area contributed by atoms with Gasteiger partial charge in [0.25, 0.3) is 5.91 Å². The van der Waals surface area contributed by atoms with Gasteiger partial charge in [-0.25, -0.2) is 4.98 Å². The SMILES string of the molecule is COc1ccc(C2C(C(=O)Nc3ccc(C)cn3)=C(C)NC3=C2C(=O)CCC3)cc1COc1ccccc1Br. The monoisotopic (exact) mass is 587 g/mol. The standard InChI is InChI=1S/C31H30BrN3O4/c1-18-11-14-27(33-16-18)35-31(37)28-19(2)34-23-8-6-9-24(36)30(23)29(28)20-12-13-25(38-3)21(15-20)17-39-26-10-5-4-7-22(26)32/h4-5,7,10-16,29,34H,6,8-9,17H2,1-3H3,(H,33,35,37). The number of allylic oxidation sites excluding steroid dienone is 3. The second-order valence-corrected chi connectivity index (χ2v) is 10.6. The summed E-state index contributed by atoms with van der Waals surface area (Å²) in [5.74, 6) is 1.05. The number of para-hydroxylation sites is 1. The molecule has 7 nitrogen and oxygen atoms in total. The van der Waals surface area contributed by atoms with E-state index in [0.717, 1.165) is 45.4 Å². The summed E-state index contributed by atoms with van der Waals surface area (Å²) in [5.41, 5.74) is 5.39. The number of halogens is 1. The Bertz CT molecular complexity index is 1490. The third-order valence-corrected chi connectivity index (χ3v) is 7.69. The van der Waals surface area contributed by atoms with Gasteiger partial charge in [0.2, 0.25) is 0 Å². The summed E-state index contributed by atoms with van der Waals surface area (Å²) in [6.07, 6.45) is 3.71. The number of carbonyl (C=O) groups is 2. The Morgan fingerprint density at radius 3 is 2.67 bits per heavy atom. The summed E-state index contributed by atoms with van der Waals surface area (Å²) in [5, 5.41) is 6.30. The van der Waals surface area contributed by atoms with Crippen LogP contribution in [0.5, 0.6) is 11.5 Å². The third kappa shape index (κ3) is 5.61. The van der Waals surface area contributed by atoms with Crippen molar-refractivity contribution in [2.45, 2.75) is 45.6 Å². The highest BCUT2D eigenvalue weighted by atomic mass is 79.9. The Morgan fingerprint density at radius 2 is 1.92 bits per heavy atom. The molecule has 2 N–H and O–H groups in total. The summed E-state index contributed by atoms with van der Waals surface area (Å²) in [6.45, 7) is 4.08. The first kappa shape index (κ1) is 26.7. The van der Waals surface area contributed by atoms with Crippen LogP contribution in [0.1, 0.15) is 48.8 Å². The van der Waals surface area contributed by atoms with E-state index in [9.17, 15) is 9.59 Å². The van der Waals surface area contributed by atoms with Crippen molar-refractivity contribution in [3.63, 3.8) is 0 Å². The van der Waals surface area contributed by atoms with E-state index in [1.807, 2.05) is 62.4 Å². The van der Waals surface area contributed by atoms with Crippen molar-refractivity contribution < 1.29 is 19.1 Å². The highest BCUT2D eigenvalue weighted by Crippen LogP contribution is 2.43. The van der Waals surface area contributed by atoms with Crippen LogP contribution in [0.4, 0.5) is 5.82 Å². The largest absolute Gasteiger partial charge is 0.496 e. The highest BCUT2D eigenvalue weighted by molar-refractivity contribution is 9.10. The van der Waals surface area contributed by atoms with Crippen molar-refractivity contribution in [1.82, 2.24) is 10.3 Å². The minimum Gasteiger partial charge on any atom is -0.496 e. The van der Waals surface area contributed by atoms with Crippen LogP contribution in [0, 0.1) is 6.92 Å². The van der Waals surface area contributed by atoms with Crippen LogP contribution in [0.15, 0.2) is 87.8 Å². The van der Waals surface area contributed by atoms with Gasteiger partial charge >= 0.3 is 0 Å². The molecule has 3 aromatic rings. The Hall–Kier alpha value is -3.91. The predicted octanol–water partition coefficient (Wildman–Crippen LogP) is 6.35. The molecule has 0 bridgehead atoms. The second-order valence-electron chi connectivity index (χ2n) is 9.73. The maximum absolute atomic E-state index is 13.7. The van der Waals surface area contributed by atoms with Gasteiger partial charge in [-0.15, -0.1) is 0 Å². The van der Waals surface area contributed by atoms with Crippen LogP contribution < -0.4 is 20.1 Å². The number of nitrogens with zero attached hydrogens (tertiary/aromatic N) is 1. The van der Waals surface area contributed by atoms with Gasteiger partial charge in [0.1, 0.15) is 23.9 Å². The van der Waals surface area contributed by atoms with Gasteiger partial charge in [0.05, 0.1) is 11.6 Å². The van der Waals surface area contributed by atoms with E-state index in [-0.39, 0.29) is 18.3 Å².